The molecule has 1 saturated heterocycles. The van der Waals surface area contributed by atoms with E-state index >= 15 is 0 Å². The highest BCUT2D eigenvalue weighted by Crippen LogP contribution is 2.19. The Morgan fingerprint density at radius 1 is 1.21 bits per heavy atom. The normalized spacial score (nSPS) is 18.2. The van der Waals surface area contributed by atoms with Crippen molar-refractivity contribution in [3.05, 3.63) is 35.4 Å². The van der Waals surface area contributed by atoms with Crippen LogP contribution < -0.4 is 10.6 Å². The summed E-state index contributed by atoms with van der Waals surface area (Å²) in [5, 5.41) is 16.0. The summed E-state index contributed by atoms with van der Waals surface area (Å²) >= 11 is 0. The average Bonchev–Trinajstić information content (AvgIpc) is 2.54. The van der Waals surface area contributed by atoms with Crippen LogP contribution in [-0.4, -0.2) is 42.5 Å². The lowest BCUT2D eigenvalue weighted by Crippen LogP contribution is -2.50. The molecule has 1 aliphatic heterocycles. The molecule has 1 aliphatic rings. The highest BCUT2D eigenvalue weighted by atomic mass is 16.5. The Morgan fingerprint density at radius 2 is 1.83 bits per heavy atom. The molecule has 1 aromatic rings. The fourth-order valence-corrected chi connectivity index (χ4v) is 2.89. The number of nitrogens with one attached hydrogen (secondary N) is 2. The Labute approximate surface area is 144 Å². The highest BCUT2D eigenvalue weighted by molar-refractivity contribution is 5.74. The third-order valence-electron chi connectivity index (χ3n) is 4.57. The Morgan fingerprint density at radius 3 is 2.42 bits per heavy atom. The van der Waals surface area contributed by atoms with Gasteiger partial charge in [-0.1, -0.05) is 38.1 Å². The van der Waals surface area contributed by atoms with Crippen LogP contribution in [0.3, 0.4) is 0 Å². The van der Waals surface area contributed by atoms with Gasteiger partial charge in [-0.3, -0.25) is 0 Å². The van der Waals surface area contributed by atoms with Gasteiger partial charge >= 0.3 is 6.03 Å². The molecular weight excluding hydrogens is 304 g/mol. The van der Waals surface area contributed by atoms with Crippen LogP contribution in [0.4, 0.5) is 4.79 Å². The summed E-state index contributed by atoms with van der Waals surface area (Å²) in [6.07, 6.45) is 1.90. The van der Waals surface area contributed by atoms with Crippen molar-refractivity contribution in [3.8, 4) is 0 Å². The van der Waals surface area contributed by atoms with Gasteiger partial charge < -0.3 is 20.5 Å². The number of benzene rings is 1. The first kappa shape index (κ1) is 18.7. The Kier molecular flexibility index (Phi) is 6.63. The maximum absolute atomic E-state index is 12.0. The van der Waals surface area contributed by atoms with E-state index in [-0.39, 0.29) is 18.6 Å². The molecule has 0 radical (unpaired) electrons. The summed E-state index contributed by atoms with van der Waals surface area (Å²) < 4.78 is 5.24. The minimum atomic E-state index is -0.842. The number of carbonyl (C=O) groups is 1. The lowest BCUT2D eigenvalue weighted by atomic mass is 9.94. The molecule has 1 aromatic carbocycles. The molecule has 0 aliphatic carbocycles. The maximum Gasteiger partial charge on any atom is 0.315 e. The van der Waals surface area contributed by atoms with E-state index in [9.17, 15) is 9.90 Å². The Balaban J connectivity index is 1.74. The molecular formula is C19H30N2O3. The second-order valence-corrected chi connectivity index (χ2v) is 7.17. The minimum Gasteiger partial charge on any atom is -0.388 e. The van der Waals surface area contributed by atoms with Crippen molar-refractivity contribution in [2.45, 2.75) is 57.6 Å². The number of urea groups is 1. The molecule has 1 heterocycles. The van der Waals surface area contributed by atoms with E-state index in [4.69, 9.17) is 4.74 Å². The van der Waals surface area contributed by atoms with Crippen LogP contribution in [0.1, 0.15) is 50.7 Å². The SMILES string of the molecule is CC(Cc1ccc(C(C)C)cc1)NC(=O)NCC1(O)CCOCC1. The largest absolute Gasteiger partial charge is 0.388 e. The van der Waals surface area contributed by atoms with Crippen molar-refractivity contribution in [3.63, 3.8) is 0 Å². The molecule has 0 saturated carbocycles. The van der Waals surface area contributed by atoms with E-state index in [1.165, 1.54) is 11.1 Å². The summed E-state index contributed by atoms with van der Waals surface area (Å²) in [7, 11) is 0. The van der Waals surface area contributed by atoms with Gasteiger partial charge in [-0.05, 0) is 30.4 Å². The van der Waals surface area contributed by atoms with Gasteiger partial charge in [0.05, 0.1) is 5.60 Å². The molecule has 5 heteroatoms. The summed E-state index contributed by atoms with van der Waals surface area (Å²) in [6, 6.07) is 8.33. The summed E-state index contributed by atoms with van der Waals surface area (Å²) in [5.74, 6) is 0.524. The molecule has 134 valence electrons. The van der Waals surface area contributed by atoms with Crippen LogP contribution in [-0.2, 0) is 11.2 Å². The standard InChI is InChI=1S/C19H30N2O3/c1-14(2)17-6-4-16(5-7-17)12-15(3)21-18(22)20-13-19(23)8-10-24-11-9-19/h4-7,14-15,23H,8-13H2,1-3H3,(H2,20,21,22). The molecule has 0 spiro atoms. The van der Waals surface area contributed by atoms with E-state index in [0.29, 0.717) is 32.0 Å². The smallest absolute Gasteiger partial charge is 0.315 e. The maximum atomic E-state index is 12.0. The first-order chi connectivity index (χ1) is 11.4. The topological polar surface area (TPSA) is 70.6 Å². The van der Waals surface area contributed by atoms with Crippen molar-refractivity contribution in [2.24, 2.45) is 0 Å². The fourth-order valence-electron chi connectivity index (χ4n) is 2.89. The van der Waals surface area contributed by atoms with Crippen LogP contribution in [0, 0.1) is 0 Å². The predicted molar refractivity (Wildman–Crippen MR) is 95.2 cm³/mol. The molecule has 5 nitrogen and oxygen atoms in total. The zero-order chi connectivity index (χ0) is 17.6. The van der Waals surface area contributed by atoms with Crippen LogP contribution >= 0.6 is 0 Å². The van der Waals surface area contributed by atoms with Crippen molar-refractivity contribution in [1.82, 2.24) is 10.6 Å². The van der Waals surface area contributed by atoms with E-state index in [0.717, 1.165) is 6.42 Å². The third kappa shape index (κ3) is 5.80. The predicted octanol–water partition coefficient (Wildman–Crippen LogP) is 2.58. The van der Waals surface area contributed by atoms with Crippen LogP contribution in [0.25, 0.3) is 0 Å². The first-order valence-electron chi connectivity index (χ1n) is 8.81. The van der Waals surface area contributed by atoms with Crippen molar-refractivity contribution in [1.29, 1.82) is 0 Å². The molecule has 1 atom stereocenters. The van der Waals surface area contributed by atoms with Crippen LogP contribution in [0.2, 0.25) is 0 Å². The lowest BCUT2D eigenvalue weighted by molar-refractivity contribution is -0.0600. The fraction of sp³-hybridized carbons (Fsp3) is 0.632. The average molecular weight is 334 g/mol. The van der Waals surface area contributed by atoms with Gasteiger partial charge in [0.15, 0.2) is 0 Å². The van der Waals surface area contributed by atoms with E-state index in [1.54, 1.807) is 0 Å². The van der Waals surface area contributed by atoms with Gasteiger partial charge in [0.25, 0.3) is 0 Å². The zero-order valence-electron chi connectivity index (χ0n) is 15.0. The first-order valence-corrected chi connectivity index (χ1v) is 8.81. The van der Waals surface area contributed by atoms with E-state index < -0.39 is 5.60 Å². The molecule has 2 amide bonds. The molecule has 2 rings (SSSR count). The monoisotopic (exact) mass is 334 g/mol. The number of hydrogen-bond acceptors (Lipinski definition) is 3. The third-order valence-corrected chi connectivity index (χ3v) is 4.57. The number of hydrogen-bond donors (Lipinski definition) is 3. The molecule has 24 heavy (non-hydrogen) atoms. The van der Waals surface area contributed by atoms with Crippen LogP contribution in [0.5, 0.6) is 0 Å². The van der Waals surface area contributed by atoms with Crippen molar-refractivity contribution >= 4 is 6.03 Å². The number of aliphatic hydroxyl groups is 1. The minimum absolute atomic E-state index is 0.0271. The molecule has 3 N–H and O–H groups in total. The van der Waals surface area contributed by atoms with Crippen molar-refractivity contribution < 1.29 is 14.6 Å². The van der Waals surface area contributed by atoms with Gasteiger partial charge in [0.1, 0.15) is 0 Å². The summed E-state index contributed by atoms with van der Waals surface area (Å²) in [5.41, 5.74) is 1.68. The second kappa shape index (κ2) is 8.49. The Hall–Kier alpha value is -1.59. The highest BCUT2D eigenvalue weighted by Gasteiger charge is 2.30. The Bertz CT molecular complexity index is 522. The van der Waals surface area contributed by atoms with Crippen molar-refractivity contribution in [2.75, 3.05) is 19.8 Å². The number of ether oxygens (including phenoxy) is 1. The molecule has 0 aromatic heterocycles. The number of amides is 2. The van der Waals surface area contributed by atoms with Gasteiger partial charge in [0.2, 0.25) is 0 Å². The molecule has 1 fully saturated rings. The molecule has 1 unspecified atom stereocenters. The molecule has 0 bridgehead atoms. The second-order valence-electron chi connectivity index (χ2n) is 7.17. The van der Waals surface area contributed by atoms with Crippen LogP contribution in [0.15, 0.2) is 24.3 Å². The van der Waals surface area contributed by atoms with Gasteiger partial charge in [-0.25, -0.2) is 4.79 Å². The summed E-state index contributed by atoms with van der Waals surface area (Å²) in [6.45, 7) is 7.69. The van der Waals surface area contributed by atoms with E-state index in [1.807, 2.05) is 6.92 Å². The zero-order valence-corrected chi connectivity index (χ0v) is 15.0. The summed E-state index contributed by atoms with van der Waals surface area (Å²) in [4.78, 5) is 12.0. The quantitative estimate of drug-likeness (QED) is 0.749. The van der Waals surface area contributed by atoms with Gasteiger partial charge in [-0.15, -0.1) is 0 Å². The lowest BCUT2D eigenvalue weighted by Gasteiger charge is -2.32. The van der Waals surface area contributed by atoms with Gasteiger partial charge in [-0.2, -0.15) is 0 Å². The van der Waals surface area contributed by atoms with Gasteiger partial charge in [0, 0.05) is 38.6 Å². The number of rotatable bonds is 6. The number of carbonyl (C=O) groups excluding carboxylic acids is 1. The van der Waals surface area contributed by atoms with E-state index in [2.05, 4.69) is 48.7 Å².